The molecule has 0 heterocycles. The molecule has 26 heavy (non-hydrogen) atoms. The van der Waals surface area contributed by atoms with Crippen LogP contribution in [0.2, 0.25) is 0 Å². The second-order valence-corrected chi connectivity index (χ2v) is 8.36. The third-order valence-corrected chi connectivity index (χ3v) is 5.26. The lowest BCUT2D eigenvalue weighted by Gasteiger charge is -2.14. The average molecular weight is 414 g/mol. The van der Waals surface area contributed by atoms with E-state index in [1.807, 2.05) is 0 Å². The molecule has 0 aromatic heterocycles. The number of hydrogen-bond acceptors (Lipinski definition) is 3. The Kier molecular flexibility index (Phi) is 5.40. The molecule has 0 radical (unpaired) electrons. The third-order valence-electron chi connectivity index (χ3n) is 3.46. The molecule has 2 rings (SSSR count). The van der Waals surface area contributed by atoms with Gasteiger partial charge in [0.25, 0.3) is 0 Å². The first-order chi connectivity index (χ1) is 11.7. The van der Waals surface area contributed by atoms with Gasteiger partial charge in [0.15, 0.2) is 9.84 Å². The zero-order valence-corrected chi connectivity index (χ0v) is 15.0. The van der Waals surface area contributed by atoms with Crippen LogP contribution in [0.5, 0.6) is 0 Å². The molecule has 0 aliphatic heterocycles. The number of thioether (sulfide) groups is 1. The van der Waals surface area contributed by atoms with Crippen LogP contribution >= 0.6 is 11.8 Å². The summed E-state index contributed by atoms with van der Waals surface area (Å²) >= 11 is 0.987. The van der Waals surface area contributed by atoms with Gasteiger partial charge in [-0.25, -0.2) is 8.42 Å². The SMILES string of the molecule is CSc1cc(-c2cc(C(F)(F)F)cc(S(C)(=O)=O)c2)cc(C(F)(F)F)c1. The summed E-state index contributed by atoms with van der Waals surface area (Å²) in [7, 11) is -4.00. The van der Waals surface area contributed by atoms with Gasteiger partial charge in [0.05, 0.1) is 16.0 Å². The predicted octanol–water partition coefficient (Wildman–Crippen LogP) is 5.52. The lowest BCUT2D eigenvalue weighted by molar-refractivity contribution is -0.138. The van der Waals surface area contributed by atoms with E-state index in [0.717, 1.165) is 30.2 Å². The molecule has 0 saturated carbocycles. The molecule has 10 heteroatoms. The van der Waals surface area contributed by atoms with E-state index in [1.54, 1.807) is 0 Å². The highest BCUT2D eigenvalue weighted by molar-refractivity contribution is 7.98. The van der Waals surface area contributed by atoms with Crippen molar-refractivity contribution < 1.29 is 34.8 Å². The Morgan fingerprint density at radius 3 is 1.65 bits per heavy atom. The van der Waals surface area contributed by atoms with Crippen LogP contribution in [0.4, 0.5) is 26.3 Å². The molecule has 0 aliphatic carbocycles. The third kappa shape index (κ3) is 4.73. The summed E-state index contributed by atoms with van der Waals surface area (Å²) < 4.78 is 102. The van der Waals surface area contributed by atoms with Crippen LogP contribution in [-0.4, -0.2) is 20.9 Å². The molecule has 0 amide bonds. The highest BCUT2D eigenvalue weighted by atomic mass is 32.2. The van der Waals surface area contributed by atoms with Crippen molar-refractivity contribution in [3.05, 3.63) is 47.5 Å². The van der Waals surface area contributed by atoms with Gasteiger partial charge >= 0.3 is 12.4 Å². The van der Waals surface area contributed by atoms with Crippen molar-refractivity contribution in [2.45, 2.75) is 22.1 Å². The van der Waals surface area contributed by atoms with Crippen LogP contribution in [-0.2, 0) is 22.2 Å². The van der Waals surface area contributed by atoms with E-state index in [4.69, 9.17) is 0 Å². The average Bonchev–Trinajstić information content (AvgIpc) is 2.51. The van der Waals surface area contributed by atoms with Crippen LogP contribution in [0.3, 0.4) is 0 Å². The van der Waals surface area contributed by atoms with Gasteiger partial charge in [0.2, 0.25) is 0 Å². The molecule has 0 fully saturated rings. The Morgan fingerprint density at radius 2 is 1.23 bits per heavy atom. The predicted molar refractivity (Wildman–Crippen MR) is 86.8 cm³/mol. The zero-order chi connectivity index (χ0) is 19.9. The van der Waals surface area contributed by atoms with Gasteiger partial charge in [-0.3, -0.25) is 0 Å². The molecule has 0 N–H and O–H groups in total. The molecule has 0 atom stereocenters. The van der Waals surface area contributed by atoms with Gasteiger partial charge in [0, 0.05) is 11.2 Å². The first kappa shape index (κ1) is 20.6. The molecule has 0 bridgehead atoms. The molecule has 2 aromatic carbocycles. The summed E-state index contributed by atoms with van der Waals surface area (Å²) in [5.74, 6) is 0. The maximum Gasteiger partial charge on any atom is 0.416 e. The van der Waals surface area contributed by atoms with E-state index in [1.165, 1.54) is 12.3 Å². The van der Waals surface area contributed by atoms with Crippen molar-refractivity contribution in [3.63, 3.8) is 0 Å². The van der Waals surface area contributed by atoms with Crippen molar-refractivity contribution in [2.24, 2.45) is 0 Å². The van der Waals surface area contributed by atoms with Crippen LogP contribution in [0, 0.1) is 0 Å². The van der Waals surface area contributed by atoms with E-state index < -0.39 is 38.2 Å². The molecular weight excluding hydrogens is 402 g/mol. The van der Waals surface area contributed by atoms with Crippen LogP contribution in [0.1, 0.15) is 11.1 Å². The summed E-state index contributed by atoms with van der Waals surface area (Å²) in [5, 5.41) is 0. The number of alkyl halides is 6. The van der Waals surface area contributed by atoms with E-state index >= 15 is 0 Å². The second-order valence-electron chi connectivity index (χ2n) is 5.46. The number of rotatable bonds is 3. The lowest BCUT2D eigenvalue weighted by atomic mass is 10.0. The molecule has 0 saturated heterocycles. The van der Waals surface area contributed by atoms with Crippen LogP contribution < -0.4 is 0 Å². The highest BCUT2D eigenvalue weighted by Gasteiger charge is 2.33. The molecular formula is C16H12F6O2S2. The van der Waals surface area contributed by atoms with Crippen molar-refractivity contribution in [3.8, 4) is 11.1 Å². The minimum atomic E-state index is -4.85. The lowest BCUT2D eigenvalue weighted by Crippen LogP contribution is -2.08. The first-order valence-electron chi connectivity index (χ1n) is 6.91. The topological polar surface area (TPSA) is 34.1 Å². The van der Waals surface area contributed by atoms with Crippen molar-refractivity contribution >= 4 is 21.6 Å². The molecule has 0 unspecified atom stereocenters. The molecule has 2 aromatic rings. The normalized spacial score (nSPS) is 13.1. The van der Waals surface area contributed by atoms with Crippen LogP contribution in [0.15, 0.2) is 46.2 Å². The standard InChI is InChI=1S/C16H12F6O2S2/c1-25-13-5-9(3-11(7-13)15(17,18)19)10-4-12(16(20,21)22)8-14(6-10)26(2,23)24/h3-8H,1-2H3. The first-order valence-corrected chi connectivity index (χ1v) is 10.0. The number of hydrogen-bond donors (Lipinski definition) is 0. The van der Waals surface area contributed by atoms with Gasteiger partial charge in [-0.15, -0.1) is 11.8 Å². The Hall–Kier alpha value is -1.68. The largest absolute Gasteiger partial charge is 0.416 e. The Balaban J connectivity index is 2.79. The monoisotopic (exact) mass is 414 g/mol. The van der Waals surface area contributed by atoms with Gasteiger partial charge in [-0.05, 0) is 53.8 Å². The van der Waals surface area contributed by atoms with Crippen molar-refractivity contribution in [1.29, 1.82) is 0 Å². The van der Waals surface area contributed by atoms with Gasteiger partial charge in [-0.1, -0.05) is 0 Å². The Morgan fingerprint density at radius 1 is 0.769 bits per heavy atom. The Labute approximate surface area is 150 Å². The van der Waals surface area contributed by atoms with E-state index in [-0.39, 0.29) is 16.0 Å². The quantitative estimate of drug-likeness (QED) is 0.490. The number of sulfone groups is 1. The fourth-order valence-electron chi connectivity index (χ4n) is 2.19. The van der Waals surface area contributed by atoms with Crippen LogP contribution in [0.25, 0.3) is 11.1 Å². The number of benzene rings is 2. The minimum Gasteiger partial charge on any atom is -0.224 e. The molecule has 0 aliphatic rings. The number of halogens is 6. The fraction of sp³-hybridized carbons (Fsp3) is 0.250. The van der Waals surface area contributed by atoms with E-state index in [0.29, 0.717) is 18.2 Å². The summed E-state index contributed by atoms with van der Waals surface area (Å²) in [6, 6.07) is 4.88. The minimum absolute atomic E-state index is 0.153. The Bertz CT molecular complexity index is 931. The second kappa shape index (κ2) is 6.80. The molecule has 142 valence electrons. The highest BCUT2D eigenvalue weighted by Crippen LogP contribution is 2.38. The fourth-order valence-corrected chi connectivity index (χ4v) is 3.36. The summed E-state index contributed by atoms with van der Waals surface area (Å²) in [4.78, 5) is -0.432. The van der Waals surface area contributed by atoms with E-state index in [2.05, 4.69) is 0 Å². The van der Waals surface area contributed by atoms with Gasteiger partial charge in [0.1, 0.15) is 0 Å². The van der Waals surface area contributed by atoms with Crippen molar-refractivity contribution in [1.82, 2.24) is 0 Å². The molecule has 0 spiro atoms. The summed E-state index contributed by atoms with van der Waals surface area (Å²) in [6.45, 7) is 0. The summed E-state index contributed by atoms with van der Waals surface area (Å²) in [5.41, 5.74) is -2.70. The van der Waals surface area contributed by atoms with Gasteiger partial charge in [-0.2, -0.15) is 26.3 Å². The maximum atomic E-state index is 13.1. The maximum absolute atomic E-state index is 13.1. The zero-order valence-electron chi connectivity index (χ0n) is 13.4. The molecule has 2 nitrogen and oxygen atoms in total. The van der Waals surface area contributed by atoms with Gasteiger partial charge < -0.3 is 0 Å². The summed E-state index contributed by atoms with van der Waals surface area (Å²) in [6.07, 6.45) is -7.29. The van der Waals surface area contributed by atoms with Crippen molar-refractivity contribution in [2.75, 3.05) is 12.5 Å². The smallest absolute Gasteiger partial charge is 0.224 e. The van der Waals surface area contributed by atoms with E-state index in [9.17, 15) is 34.8 Å².